The van der Waals surface area contributed by atoms with E-state index in [1.165, 1.54) is 0 Å². The van der Waals surface area contributed by atoms with Crippen molar-refractivity contribution in [3.63, 3.8) is 0 Å². The molecule has 3 heterocycles. The molecule has 2 fully saturated rings. The SMILES string of the molecule is NC1(CNCc2ccc3c(c2)C(=O)N(C2CCC(=O)NC2=O)C3)COC1. The average molecular weight is 358 g/mol. The zero-order valence-electron chi connectivity index (χ0n) is 14.4. The molecule has 1 aromatic carbocycles. The zero-order chi connectivity index (χ0) is 18.3. The Balaban J connectivity index is 1.42. The Labute approximate surface area is 151 Å². The van der Waals surface area contributed by atoms with E-state index in [1.54, 1.807) is 4.90 Å². The summed E-state index contributed by atoms with van der Waals surface area (Å²) in [5.41, 5.74) is 8.32. The number of nitrogens with zero attached hydrogens (tertiary/aromatic N) is 1. The summed E-state index contributed by atoms with van der Waals surface area (Å²) in [6.45, 7) is 2.78. The van der Waals surface area contributed by atoms with Gasteiger partial charge in [0.1, 0.15) is 6.04 Å². The number of ether oxygens (including phenoxy) is 1. The summed E-state index contributed by atoms with van der Waals surface area (Å²) < 4.78 is 5.13. The van der Waals surface area contributed by atoms with Crippen LogP contribution in [0.1, 0.15) is 34.3 Å². The van der Waals surface area contributed by atoms with Gasteiger partial charge in [0.2, 0.25) is 11.8 Å². The summed E-state index contributed by atoms with van der Waals surface area (Å²) in [6, 6.07) is 5.20. The second kappa shape index (κ2) is 6.46. The Hall–Kier alpha value is -2.29. The van der Waals surface area contributed by atoms with Crippen LogP contribution in [0.15, 0.2) is 18.2 Å². The highest BCUT2D eigenvalue weighted by Gasteiger charge is 2.39. The third-order valence-corrected chi connectivity index (χ3v) is 5.18. The molecule has 8 nitrogen and oxygen atoms in total. The molecule has 8 heteroatoms. The third kappa shape index (κ3) is 3.11. The first-order valence-corrected chi connectivity index (χ1v) is 8.79. The first-order valence-electron chi connectivity index (χ1n) is 8.79. The second-order valence-electron chi connectivity index (χ2n) is 7.35. The lowest BCUT2D eigenvalue weighted by molar-refractivity contribution is -0.136. The summed E-state index contributed by atoms with van der Waals surface area (Å²) in [6.07, 6.45) is 0.635. The number of fused-ring (bicyclic) bond motifs is 1. The molecule has 1 aromatic rings. The molecule has 4 N–H and O–H groups in total. The fraction of sp³-hybridized carbons (Fsp3) is 0.500. The molecular weight excluding hydrogens is 336 g/mol. The number of piperidine rings is 1. The van der Waals surface area contributed by atoms with Crippen molar-refractivity contribution in [2.45, 2.75) is 37.5 Å². The van der Waals surface area contributed by atoms with Crippen molar-refractivity contribution in [1.82, 2.24) is 15.5 Å². The smallest absolute Gasteiger partial charge is 0.255 e. The van der Waals surface area contributed by atoms with Crippen LogP contribution in [0, 0.1) is 0 Å². The maximum absolute atomic E-state index is 12.8. The highest BCUT2D eigenvalue weighted by Crippen LogP contribution is 2.28. The van der Waals surface area contributed by atoms with Crippen LogP contribution in [0.5, 0.6) is 0 Å². The monoisotopic (exact) mass is 358 g/mol. The van der Waals surface area contributed by atoms with Crippen molar-refractivity contribution >= 4 is 17.7 Å². The summed E-state index contributed by atoms with van der Waals surface area (Å²) in [5.74, 6) is -0.822. The minimum absolute atomic E-state index is 0.154. The minimum atomic E-state index is -0.579. The van der Waals surface area contributed by atoms with Crippen molar-refractivity contribution in [3.8, 4) is 0 Å². The zero-order valence-corrected chi connectivity index (χ0v) is 14.4. The molecule has 2 saturated heterocycles. The van der Waals surface area contributed by atoms with Gasteiger partial charge in [0.25, 0.3) is 5.91 Å². The van der Waals surface area contributed by atoms with Gasteiger partial charge in [0.15, 0.2) is 0 Å². The molecule has 0 bridgehead atoms. The second-order valence-corrected chi connectivity index (χ2v) is 7.35. The van der Waals surface area contributed by atoms with Crippen LogP contribution >= 0.6 is 0 Å². The van der Waals surface area contributed by atoms with Crippen LogP contribution in [-0.2, 0) is 27.4 Å². The number of carbonyl (C=O) groups excluding carboxylic acids is 3. The maximum atomic E-state index is 12.8. The molecule has 1 atom stereocenters. The van der Waals surface area contributed by atoms with Crippen LogP contribution in [0.3, 0.4) is 0 Å². The van der Waals surface area contributed by atoms with E-state index in [-0.39, 0.29) is 29.7 Å². The Morgan fingerprint density at radius 3 is 2.81 bits per heavy atom. The van der Waals surface area contributed by atoms with E-state index in [0.29, 0.717) is 44.8 Å². The van der Waals surface area contributed by atoms with Crippen molar-refractivity contribution in [2.75, 3.05) is 19.8 Å². The van der Waals surface area contributed by atoms with E-state index in [4.69, 9.17) is 10.5 Å². The summed E-state index contributed by atoms with van der Waals surface area (Å²) in [4.78, 5) is 37.7. The predicted octanol–water partition coefficient (Wildman–Crippen LogP) is -0.735. The van der Waals surface area contributed by atoms with Gasteiger partial charge in [-0.15, -0.1) is 0 Å². The lowest BCUT2D eigenvalue weighted by Crippen LogP contribution is -2.62. The van der Waals surface area contributed by atoms with Crippen LogP contribution in [-0.4, -0.2) is 54.0 Å². The molecule has 0 aliphatic carbocycles. The Morgan fingerprint density at radius 1 is 1.31 bits per heavy atom. The van der Waals surface area contributed by atoms with Crippen LogP contribution in [0.4, 0.5) is 0 Å². The number of hydrogen-bond acceptors (Lipinski definition) is 6. The first kappa shape index (κ1) is 17.1. The quantitative estimate of drug-likeness (QED) is 0.598. The van der Waals surface area contributed by atoms with Gasteiger partial charge in [-0.2, -0.15) is 0 Å². The van der Waals surface area contributed by atoms with Crippen molar-refractivity contribution in [3.05, 3.63) is 34.9 Å². The molecule has 138 valence electrons. The van der Waals surface area contributed by atoms with Crippen LogP contribution < -0.4 is 16.4 Å². The van der Waals surface area contributed by atoms with Crippen molar-refractivity contribution < 1.29 is 19.1 Å². The van der Waals surface area contributed by atoms with Gasteiger partial charge >= 0.3 is 0 Å². The summed E-state index contributed by atoms with van der Waals surface area (Å²) in [7, 11) is 0. The first-order chi connectivity index (χ1) is 12.5. The number of carbonyl (C=O) groups is 3. The number of benzene rings is 1. The van der Waals surface area contributed by atoms with E-state index in [0.717, 1.165) is 11.1 Å². The van der Waals surface area contributed by atoms with E-state index in [9.17, 15) is 14.4 Å². The lowest BCUT2D eigenvalue weighted by atomic mass is 9.99. The van der Waals surface area contributed by atoms with Gasteiger partial charge in [-0.05, 0) is 23.6 Å². The fourth-order valence-corrected chi connectivity index (χ4v) is 3.63. The van der Waals surface area contributed by atoms with Crippen molar-refractivity contribution in [2.24, 2.45) is 5.73 Å². The number of hydrogen-bond donors (Lipinski definition) is 3. The van der Waals surface area contributed by atoms with Gasteiger partial charge in [-0.1, -0.05) is 12.1 Å². The number of rotatable bonds is 5. The van der Waals surface area contributed by atoms with E-state index in [1.807, 2.05) is 18.2 Å². The lowest BCUT2D eigenvalue weighted by Gasteiger charge is -2.37. The largest absolute Gasteiger partial charge is 0.377 e. The van der Waals surface area contributed by atoms with Gasteiger partial charge < -0.3 is 20.7 Å². The van der Waals surface area contributed by atoms with Crippen LogP contribution in [0.2, 0.25) is 0 Å². The Kier molecular flexibility index (Phi) is 4.26. The molecule has 1 unspecified atom stereocenters. The van der Waals surface area contributed by atoms with Gasteiger partial charge in [0.05, 0.1) is 18.8 Å². The van der Waals surface area contributed by atoms with E-state index in [2.05, 4.69) is 10.6 Å². The maximum Gasteiger partial charge on any atom is 0.255 e. The Bertz CT molecular complexity index is 774. The molecule has 4 rings (SSSR count). The highest BCUT2D eigenvalue weighted by atomic mass is 16.5. The third-order valence-electron chi connectivity index (χ3n) is 5.18. The number of imide groups is 1. The summed E-state index contributed by atoms with van der Waals surface area (Å²) in [5, 5.41) is 5.62. The molecule has 26 heavy (non-hydrogen) atoms. The van der Waals surface area contributed by atoms with Gasteiger partial charge in [-0.25, -0.2) is 0 Å². The molecule has 3 aliphatic heterocycles. The minimum Gasteiger partial charge on any atom is -0.377 e. The molecule has 3 aliphatic rings. The molecule has 0 aromatic heterocycles. The predicted molar refractivity (Wildman–Crippen MR) is 91.9 cm³/mol. The van der Waals surface area contributed by atoms with Gasteiger partial charge in [-0.3, -0.25) is 19.7 Å². The highest BCUT2D eigenvalue weighted by molar-refractivity contribution is 6.05. The normalized spacial score (nSPS) is 24.3. The molecule has 3 amide bonds. The fourth-order valence-electron chi connectivity index (χ4n) is 3.63. The molecule has 0 radical (unpaired) electrons. The Morgan fingerprint density at radius 2 is 2.12 bits per heavy atom. The number of nitrogens with one attached hydrogen (secondary N) is 2. The number of nitrogens with two attached hydrogens (primary N) is 1. The topological polar surface area (TPSA) is 114 Å². The average Bonchev–Trinajstić information content (AvgIpc) is 2.90. The molecule has 0 spiro atoms. The standard InChI is InChI=1S/C18H22N4O4/c19-18(9-26-10-18)8-20-6-11-1-2-12-7-22(17(25)13(12)5-11)14-3-4-15(23)21-16(14)24/h1-2,5,14,20H,3-4,6-10,19H2,(H,21,23,24). The summed E-state index contributed by atoms with van der Waals surface area (Å²) >= 11 is 0. The van der Waals surface area contributed by atoms with E-state index < -0.39 is 6.04 Å². The van der Waals surface area contributed by atoms with Crippen molar-refractivity contribution in [1.29, 1.82) is 0 Å². The van der Waals surface area contributed by atoms with Crippen LogP contribution in [0.25, 0.3) is 0 Å². The molecular formula is C18H22N4O4. The number of amides is 3. The van der Waals surface area contributed by atoms with Gasteiger partial charge in [0, 0.05) is 31.6 Å². The van der Waals surface area contributed by atoms with E-state index >= 15 is 0 Å². The molecule has 0 saturated carbocycles.